The largest absolute Gasteiger partial charge is 0.331 e. The molecular formula is C14H15F2N5O. The van der Waals surface area contributed by atoms with E-state index in [4.69, 9.17) is 0 Å². The SMILES string of the molecule is Cc1nnc(CNC(=O)Nc2ccc(F)cc2F)n1C1CC1. The predicted octanol–water partition coefficient (Wildman–Crippen LogP) is 2.52. The van der Waals surface area contributed by atoms with E-state index in [1.54, 1.807) is 0 Å². The minimum Gasteiger partial charge on any atom is -0.331 e. The highest BCUT2D eigenvalue weighted by Crippen LogP contribution is 2.36. The van der Waals surface area contributed by atoms with E-state index in [-0.39, 0.29) is 12.2 Å². The predicted molar refractivity (Wildman–Crippen MR) is 75.2 cm³/mol. The van der Waals surface area contributed by atoms with E-state index < -0.39 is 17.7 Å². The first-order valence-electron chi connectivity index (χ1n) is 6.95. The lowest BCUT2D eigenvalue weighted by Crippen LogP contribution is -2.29. The second-order valence-electron chi connectivity index (χ2n) is 5.20. The number of aromatic nitrogens is 3. The smallest absolute Gasteiger partial charge is 0.319 e. The number of nitrogens with zero attached hydrogens (tertiary/aromatic N) is 3. The number of amides is 2. The Kier molecular flexibility index (Phi) is 3.74. The average molecular weight is 307 g/mol. The van der Waals surface area contributed by atoms with Crippen molar-refractivity contribution >= 4 is 11.7 Å². The molecule has 1 aliphatic rings. The maximum Gasteiger partial charge on any atom is 0.319 e. The van der Waals surface area contributed by atoms with Crippen LogP contribution in [-0.2, 0) is 6.54 Å². The lowest BCUT2D eigenvalue weighted by atomic mass is 10.3. The molecule has 1 saturated carbocycles. The monoisotopic (exact) mass is 307 g/mol. The molecule has 0 bridgehead atoms. The van der Waals surface area contributed by atoms with Crippen LogP contribution < -0.4 is 10.6 Å². The third-order valence-electron chi connectivity index (χ3n) is 3.44. The summed E-state index contributed by atoms with van der Waals surface area (Å²) in [7, 11) is 0. The number of carbonyl (C=O) groups is 1. The van der Waals surface area contributed by atoms with Gasteiger partial charge in [-0.05, 0) is 31.9 Å². The molecule has 0 saturated heterocycles. The van der Waals surface area contributed by atoms with Gasteiger partial charge in [0.2, 0.25) is 0 Å². The molecule has 6 nitrogen and oxygen atoms in total. The molecule has 116 valence electrons. The molecule has 0 spiro atoms. The molecule has 22 heavy (non-hydrogen) atoms. The van der Waals surface area contributed by atoms with Crippen molar-refractivity contribution in [3.63, 3.8) is 0 Å². The highest BCUT2D eigenvalue weighted by atomic mass is 19.1. The van der Waals surface area contributed by atoms with Crippen LogP contribution in [0.3, 0.4) is 0 Å². The molecule has 3 rings (SSSR count). The molecule has 1 fully saturated rings. The summed E-state index contributed by atoms with van der Waals surface area (Å²) in [5.41, 5.74) is -0.0845. The van der Waals surface area contributed by atoms with E-state index in [0.717, 1.165) is 24.7 Å². The Bertz CT molecular complexity index is 711. The second-order valence-corrected chi connectivity index (χ2v) is 5.20. The molecule has 2 aromatic rings. The summed E-state index contributed by atoms with van der Waals surface area (Å²) >= 11 is 0. The van der Waals surface area contributed by atoms with Crippen molar-refractivity contribution in [2.75, 3.05) is 5.32 Å². The Morgan fingerprint density at radius 1 is 1.36 bits per heavy atom. The minimum atomic E-state index is -0.827. The summed E-state index contributed by atoms with van der Waals surface area (Å²) in [6, 6.07) is 2.77. The van der Waals surface area contributed by atoms with Crippen LogP contribution in [0.5, 0.6) is 0 Å². The number of anilines is 1. The van der Waals surface area contributed by atoms with Gasteiger partial charge in [0.1, 0.15) is 17.5 Å². The summed E-state index contributed by atoms with van der Waals surface area (Å²) in [4.78, 5) is 11.8. The lowest BCUT2D eigenvalue weighted by molar-refractivity contribution is 0.251. The molecule has 0 aliphatic heterocycles. The maximum absolute atomic E-state index is 13.4. The number of hydrogen-bond donors (Lipinski definition) is 2. The van der Waals surface area contributed by atoms with Gasteiger partial charge in [-0.2, -0.15) is 0 Å². The van der Waals surface area contributed by atoms with Crippen molar-refractivity contribution in [3.05, 3.63) is 41.5 Å². The van der Waals surface area contributed by atoms with Gasteiger partial charge in [0.25, 0.3) is 0 Å². The number of nitrogens with one attached hydrogen (secondary N) is 2. The number of rotatable bonds is 4. The van der Waals surface area contributed by atoms with Crippen molar-refractivity contribution < 1.29 is 13.6 Å². The van der Waals surface area contributed by atoms with Gasteiger partial charge in [-0.25, -0.2) is 13.6 Å². The number of carbonyl (C=O) groups excluding carboxylic acids is 1. The van der Waals surface area contributed by atoms with Crippen LogP contribution in [0.25, 0.3) is 0 Å². The number of urea groups is 1. The maximum atomic E-state index is 13.4. The molecule has 8 heteroatoms. The van der Waals surface area contributed by atoms with Crippen molar-refractivity contribution in [1.29, 1.82) is 0 Å². The van der Waals surface area contributed by atoms with Gasteiger partial charge in [0.15, 0.2) is 5.82 Å². The molecule has 0 radical (unpaired) electrons. The van der Waals surface area contributed by atoms with E-state index in [2.05, 4.69) is 20.8 Å². The Morgan fingerprint density at radius 3 is 2.82 bits per heavy atom. The minimum absolute atomic E-state index is 0.0845. The summed E-state index contributed by atoms with van der Waals surface area (Å²) in [6.45, 7) is 2.05. The first kappa shape index (κ1) is 14.4. The van der Waals surface area contributed by atoms with Crippen LogP contribution in [0, 0.1) is 18.6 Å². The highest BCUT2D eigenvalue weighted by molar-refractivity contribution is 5.89. The van der Waals surface area contributed by atoms with Crippen LogP contribution >= 0.6 is 0 Å². The number of benzene rings is 1. The topological polar surface area (TPSA) is 71.8 Å². The molecule has 2 amide bonds. The third-order valence-corrected chi connectivity index (χ3v) is 3.44. The van der Waals surface area contributed by atoms with Crippen molar-refractivity contribution in [2.24, 2.45) is 0 Å². The van der Waals surface area contributed by atoms with Crippen molar-refractivity contribution in [1.82, 2.24) is 20.1 Å². The molecule has 0 atom stereocenters. The fraction of sp³-hybridized carbons (Fsp3) is 0.357. The summed E-state index contributed by atoms with van der Waals surface area (Å²) < 4.78 is 28.2. The molecular weight excluding hydrogens is 292 g/mol. The quantitative estimate of drug-likeness (QED) is 0.911. The van der Waals surface area contributed by atoms with Gasteiger partial charge >= 0.3 is 6.03 Å². The number of aryl methyl sites for hydroxylation is 1. The highest BCUT2D eigenvalue weighted by Gasteiger charge is 2.28. The van der Waals surface area contributed by atoms with Gasteiger partial charge in [0.05, 0.1) is 12.2 Å². The van der Waals surface area contributed by atoms with Gasteiger partial charge < -0.3 is 15.2 Å². The zero-order valence-corrected chi connectivity index (χ0v) is 11.9. The normalized spacial score (nSPS) is 14.0. The van der Waals surface area contributed by atoms with Crippen molar-refractivity contribution in [2.45, 2.75) is 32.4 Å². The fourth-order valence-electron chi connectivity index (χ4n) is 2.26. The van der Waals surface area contributed by atoms with Gasteiger partial charge in [-0.3, -0.25) is 0 Å². The molecule has 1 aromatic heterocycles. The number of halogens is 2. The Hall–Kier alpha value is -2.51. The molecule has 1 aromatic carbocycles. The van der Waals surface area contributed by atoms with Gasteiger partial charge in [-0.15, -0.1) is 10.2 Å². The zero-order valence-electron chi connectivity index (χ0n) is 11.9. The summed E-state index contributed by atoms with van der Waals surface area (Å²) in [5, 5.41) is 13.0. The Labute approximate surface area is 125 Å². The van der Waals surface area contributed by atoms with E-state index >= 15 is 0 Å². The van der Waals surface area contributed by atoms with E-state index in [0.29, 0.717) is 17.9 Å². The van der Waals surface area contributed by atoms with Crippen molar-refractivity contribution in [3.8, 4) is 0 Å². The van der Waals surface area contributed by atoms with Gasteiger partial charge in [0, 0.05) is 12.1 Å². The Balaban J connectivity index is 1.61. The molecule has 2 N–H and O–H groups in total. The summed E-state index contributed by atoms with van der Waals surface area (Å²) in [6.07, 6.45) is 2.16. The van der Waals surface area contributed by atoms with Crippen LogP contribution in [0.4, 0.5) is 19.3 Å². The first-order valence-corrected chi connectivity index (χ1v) is 6.95. The molecule has 1 aliphatic carbocycles. The van der Waals surface area contributed by atoms with E-state index in [9.17, 15) is 13.6 Å². The first-order chi connectivity index (χ1) is 10.5. The second kappa shape index (κ2) is 5.70. The Morgan fingerprint density at radius 2 is 2.14 bits per heavy atom. The molecule has 0 unspecified atom stereocenters. The molecule has 1 heterocycles. The van der Waals surface area contributed by atoms with Crippen LogP contribution in [0.1, 0.15) is 30.5 Å². The van der Waals surface area contributed by atoms with Gasteiger partial charge in [-0.1, -0.05) is 0 Å². The van der Waals surface area contributed by atoms with Crippen LogP contribution in [0.15, 0.2) is 18.2 Å². The van der Waals surface area contributed by atoms with Crippen LogP contribution in [0.2, 0.25) is 0 Å². The van der Waals surface area contributed by atoms with E-state index in [1.165, 1.54) is 6.07 Å². The standard InChI is InChI=1S/C14H15F2N5O/c1-8-19-20-13(21(8)10-3-4-10)7-17-14(22)18-12-5-2-9(15)6-11(12)16/h2,5-6,10H,3-4,7H2,1H3,(H2,17,18,22). The fourth-order valence-corrected chi connectivity index (χ4v) is 2.26. The summed E-state index contributed by atoms with van der Waals surface area (Å²) in [5.74, 6) is -0.0531. The zero-order chi connectivity index (χ0) is 15.7. The van der Waals surface area contributed by atoms with Crippen LogP contribution in [-0.4, -0.2) is 20.8 Å². The third kappa shape index (κ3) is 3.05. The average Bonchev–Trinajstić information content (AvgIpc) is 3.23. The van der Waals surface area contributed by atoms with E-state index in [1.807, 2.05) is 11.5 Å². The number of hydrogen-bond acceptors (Lipinski definition) is 3. The lowest BCUT2D eigenvalue weighted by Gasteiger charge is -2.10.